The Morgan fingerprint density at radius 1 is 1.67 bits per heavy atom. The highest BCUT2D eigenvalue weighted by molar-refractivity contribution is 7.89. The van der Waals surface area contributed by atoms with E-state index in [-0.39, 0.29) is 24.5 Å². The van der Waals surface area contributed by atoms with Crippen LogP contribution >= 0.6 is 0 Å². The molecule has 2 rings (SSSR count). The number of nitrogens with one attached hydrogen (secondary N) is 1. The van der Waals surface area contributed by atoms with Crippen LogP contribution in [0.2, 0.25) is 0 Å². The number of nitrogens with two attached hydrogens (primary N) is 1. The van der Waals surface area contributed by atoms with Crippen molar-refractivity contribution in [3.63, 3.8) is 0 Å². The van der Waals surface area contributed by atoms with Gasteiger partial charge in [0.2, 0.25) is 0 Å². The molecule has 18 heavy (non-hydrogen) atoms. The normalized spacial score (nSPS) is 25.4. The zero-order valence-electron chi connectivity index (χ0n) is 9.75. The quantitative estimate of drug-likeness (QED) is 0.641. The van der Waals surface area contributed by atoms with E-state index in [1.165, 1.54) is 6.20 Å². The third-order valence-electron chi connectivity index (χ3n) is 2.99. The van der Waals surface area contributed by atoms with Gasteiger partial charge in [0.05, 0.1) is 6.20 Å². The highest BCUT2D eigenvalue weighted by Gasteiger charge is 2.46. The maximum absolute atomic E-state index is 12.2. The molecule has 1 aliphatic heterocycles. The summed E-state index contributed by atoms with van der Waals surface area (Å²) in [6.07, 6.45) is 1.30. The van der Waals surface area contributed by atoms with E-state index in [4.69, 9.17) is 10.8 Å². The lowest BCUT2D eigenvalue weighted by Gasteiger charge is -2.19. The molecule has 0 spiro atoms. The Morgan fingerprint density at radius 3 is 2.78 bits per heavy atom. The molecule has 1 aromatic rings. The van der Waals surface area contributed by atoms with Crippen molar-refractivity contribution < 1.29 is 18.3 Å². The fourth-order valence-electron chi connectivity index (χ4n) is 1.85. The van der Waals surface area contributed by atoms with Gasteiger partial charge in [-0.05, 0) is 13.3 Å². The number of rotatable bonds is 3. The number of hydrogen-bond acceptors (Lipinski definition) is 5. The molecule has 0 aliphatic carbocycles. The monoisotopic (exact) mass is 274 g/mol. The van der Waals surface area contributed by atoms with Crippen molar-refractivity contribution in [3.8, 4) is 0 Å². The number of aryl methyl sites for hydroxylation is 1. The summed E-state index contributed by atoms with van der Waals surface area (Å²) in [5.41, 5.74) is 4.13. The molecule has 1 unspecified atom stereocenters. The molecular formula is C9H14N4O4S. The predicted octanol–water partition coefficient (Wildman–Crippen LogP) is -1.11. The first kappa shape index (κ1) is 13.0. The summed E-state index contributed by atoms with van der Waals surface area (Å²) in [5, 5.41) is 8.92. The van der Waals surface area contributed by atoms with E-state index in [2.05, 4.69) is 9.97 Å². The number of sulfonamides is 1. The summed E-state index contributed by atoms with van der Waals surface area (Å²) in [6.45, 7) is 1.49. The van der Waals surface area contributed by atoms with Gasteiger partial charge in [0.15, 0.2) is 5.03 Å². The minimum Gasteiger partial charge on any atom is -0.480 e. The number of imidazole rings is 1. The molecule has 9 heteroatoms. The van der Waals surface area contributed by atoms with Gasteiger partial charge in [-0.3, -0.25) is 4.79 Å². The number of carbonyl (C=O) groups is 1. The van der Waals surface area contributed by atoms with E-state index in [1.807, 2.05) is 0 Å². The first-order valence-electron chi connectivity index (χ1n) is 5.30. The van der Waals surface area contributed by atoms with Crippen molar-refractivity contribution in [3.05, 3.63) is 12.0 Å². The average Bonchev–Trinajstić information content (AvgIpc) is 2.86. The van der Waals surface area contributed by atoms with Gasteiger partial charge in [0.25, 0.3) is 10.0 Å². The van der Waals surface area contributed by atoms with Gasteiger partial charge in [-0.1, -0.05) is 0 Å². The maximum Gasteiger partial charge on any atom is 0.325 e. The Kier molecular flexibility index (Phi) is 2.92. The third-order valence-corrected chi connectivity index (χ3v) is 4.74. The van der Waals surface area contributed by atoms with Crippen molar-refractivity contribution in [2.45, 2.75) is 23.9 Å². The summed E-state index contributed by atoms with van der Waals surface area (Å²) in [6, 6.07) is 0. The Morgan fingerprint density at radius 2 is 2.33 bits per heavy atom. The first-order chi connectivity index (χ1) is 8.25. The van der Waals surface area contributed by atoms with Gasteiger partial charge < -0.3 is 15.8 Å². The van der Waals surface area contributed by atoms with Crippen molar-refractivity contribution in [2.75, 3.05) is 13.1 Å². The van der Waals surface area contributed by atoms with Crippen LogP contribution in [0.15, 0.2) is 11.2 Å². The second-order valence-corrected chi connectivity index (χ2v) is 6.29. The predicted molar refractivity (Wildman–Crippen MR) is 61.3 cm³/mol. The standard InChI is InChI=1S/C9H14N4O4S/c1-6-11-4-7(12-6)18(16,17)13-3-2-9(10,5-13)8(14)15/h4H,2-3,5,10H2,1H3,(H,11,12)(H,14,15). The van der Waals surface area contributed by atoms with Crippen molar-refractivity contribution in [2.24, 2.45) is 5.73 Å². The fourth-order valence-corrected chi connectivity index (χ4v) is 3.32. The van der Waals surface area contributed by atoms with E-state index >= 15 is 0 Å². The smallest absolute Gasteiger partial charge is 0.325 e. The lowest BCUT2D eigenvalue weighted by Crippen LogP contribution is -2.50. The van der Waals surface area contributed by atoms with Crippen LogP contribution in [-0.2, 0) is 14.8 Å². The van der Waals surface area contributed by atoms with Gasteiger partial charge in [0, 0.05) is 13.1 Å². The van der Waals surface area contributed by atoms with Gasteiger partial charge in [0.1, 0.15) is 11.4 Å². The molecular weight excluding hydrogens is 260 g/mol. The molecule has 0 aromatic carbocycles. The SMILES string of the molecule is Cc1ncc(S(=O)(=O)N2CCC(N)(C(=O)O)C2)[nH]1. The van der Waals surface area contributed by atoms with Gasteiger partial charge >= 0.3 is 5.97 Å². The summed E-state index contributed by atoms with van der Waals surface area (Å²) in [7, 11) is -3.75. The Hall–Kier alpha value is -1.45. The topological polar surface area (TPSA) is 129 Å². The zero-order valence-corrected chi connectivity index (χ0v) is 10.6. The largest absolute Gasteiger partial charge is 0.480 e. The summed E-state index contributed by atoms with van der Waals surface area (Å²) < 4.78 is 25.4. The molecule has 1 aromatic heterocycles. The molecule has 0 saturated carbocycles. The number of hydrogen-bond donors (Lipinski definition) is 3. The van der Waals surface area contributed by atoms with Crippen molar-refractivity contribution >= 4 is 16.0 Å². The number of carboxylic acids is 1. The lowest BCUT2D eigenvalue weighted by atomic mass is 10.0. The van der Waals surface area contributed by atoms with Gasteiger partial charge in [-0.2, -0.15) is 4.31 Å². The van der Waals surface area contributed by atoms with Crippen LogP contribution < -0.4 is 5.73 Å². The van der Waals surface area contributed by atoms with Crippen LogP contribution in [0, 0.1) is 6.92 Å². The van der Waals surface area contributed by atoms with Gasteiger partial charge in [-0.25, -0.2) is 13.4 Å². The minimum absolute atomic E-state index is 0.0466. The van der Waals surface area contributed by atoms with Crippen LogP contribution in [0.4, 0.5) is 0 Å². The fraction of sp³-hybridized carbons (Fsp3) is 0.556. The zero-order chi connectivity index (χ0) is 13.6. The van der Waals surface area contributed by atoms with E-state index in [1.54, 1.807) is 6.92 Å². The average molecular weight is 274 g/mol. The van der Waals surface area contributed by atoms with Crippen LogP contribution in [0.3, 0.4) is 0 Å². The molecule has 8 nitrogen and oxygen atoms in total. The van der Waals surface area contributed by atoms with E-state index < -0.39 is 21.5 Å². The molecule has 0 amide bonds. The van der Waals surface area contributed by atoms with Crippen molar-refractivity contribution in [1.29, 1.82) is 0 Å². The highest BCUT2D eigenvalue weighted by atomic mass is 32.2. The lowest BCUT2D eigenvalue weighted by molar-refractivity contribution is -0.142. The highest BCUT2D eigenvalue weighted by Crippen LogP contribution is 2.25. The van der Waals surface area contributed by atoms with Crippen LogP contribution in [-0.4, -0.2) is 52.4 Å². The van der Waals surface area contributed by atoms with E-state index in [9.17, 15) is 13.2 Å². The van der Waals surface area contributed by atoms with Gasteiger partial charge in [-0.15, -0.1) is 0 Å². The molecule has 1 aliphatic rings. The molecule has 100 valence electrons. The summed E-state index contributed by atoms with van der Waals surface area (Å²) in [5.74, 6) is -0.717. The molecule has 2 heterocycles. The van der Waals surface area contributed by atoms with Crippen LogP contribution in [0.1, 0.15) is 12.2 Å². The van der Waals surface area contributed by atoms with Crippen LogP contribution in [0.25, 0.3) is 0 Å². The number of aromatic nitrogens is 2. The molecule has 1 fully saturated rings. The maximum atomic E-state index is 12.2. The summed E-state index contributed by atoms with van der Waals surface area (Å²) >= 11 is 0. The molecule has 1 saturated heterocycles. The number of H-pyrrole nitrogens is 1. The Labute approximate surface area is 104 Å². The molecule has 0 bridgehead atoms. The Balaban J connectivity index is 2.27. The number of nitrogens with zero attached hydrogens (tertiary/aromatic N) is 2. The number of carboxylic acid groups (broad SMARTS) is 1. The number of aromatic amines is 1. The van der Waals surface area contributed by atoms with Crippen LogP contribution in [0.5, 0.6) is 0 Å². The molecule has 4 N–H and O–H groups in total. The summed E-state index contributed by atoms with van der Waals surface area (Å²) in [4.78, 5) is 17.4. The first-order valence-corrected chi connectivity index (χ1v) is 6.74. The van der Waals surface area contributed by atoms with E-state index in [0.717, 1.165) is 4.31 Å². The number of aliphatic carboxylic acids is 1. The second kappa shape index (κ2) is 4.04. The molecule has 0 radical (unpaired) electrons. The third kappa shape index (κ3) is 2.00. The van der Waals surface area contributed by atoms with Crippen molar-refractivity contribution in [1.82, 2.24) is 14.3 Å². The van der Waals surface area contributed by atoms with E-state index in [0.29, 0.717) is 5.82 Å². The Bertz CT molecular complexity index is 581. The minimum atomic E-state index is -3.75. The molecule has 1 atom stereocenters. The second-order valence-electron chi connectivity index (χ2n) is 4.38.